The summed E-state index contributed by atoms with van der Waals surface area (Å²) in [5.41, 5.74) is 5.32. The zero-order chi connectivity index (χ0) is 12.7. The van der Waals surface area contributed by atoms with Crippen molar-refractivity contribution >= 4 is 5.91 Å². The fraction of sp³-hybridized carbons (Fsp3) is 0.917. The van der Waals surface area contributed by atoms with Crippen LogP contribution in [-0.4, -0.2) is 43.0 Å². The monoisotopic (exact) mass is 229 g/mol. The van der Waals surface area contributed by atoms with Crippen molar-refractivity contribution in [2.45, 2.75) is 46.2 Å². The van der Waals surface area contributed by atoms with Crippen LogP contribution in [0.15, 0.2) is 0 Å². The molecule has 0 aromatic carbocycles. The highest BCUT2D eigenvalue weighted by atomic mass is 16.1. The van der Waals surface area contributed by atoms with Crippen LogP contribution in [0.3, 0.4) is 0 Å². The molecule has 0 aliphatic heterocycles. The molecule has 0 spiro atoms. The fourth-order valence-electron chi connectivity index (χ4n) is 1.64. The van der Waals surface area contributed by atoms with E-state index in [0.717, 1.165) is 19.5 Å². The number of amides is 1. The molecule has 4 nitrogen and oxygen atoms in total. The van der Waals surface area contributed by atoms with Gasteiger partial charge in [0.25, 0.3) is 0 Å². The number of likely N-dealkylation sites (N-methyl/N-ethyl adjacent to an activating group) is 1. The van der Waals surface area contributed by atoms with Crippen LogP contribution in [0, 0.1) is 5.92 Å². The number of nitrogens with one attached hydrogen (secondary N) is 1. The van der Waals surface area contributed by atoms with Crippen molar-refractivity contribution < 1.29 is 4.79 Å². The number of carbonyl (C=O) groups is 1. The lowest BCUT2D eigenvalue weighted by atomic mass is 10.0. The molecule has 0 radical (unpaired) electrons. The molecule has 0 saturated carbocycles. The first-order valence-electron chi connectivity index (χ1n) is 6.13. The van der Waals surface area contributed by atoms with Crippen LogP contribution in [0.25, 0.3) is 0 Å². The van der Waals surface area contributed by atoms with E-state index in [-0.39, 0.29) is 11.9 Å². The van der Waals surface area contributed by atoms with Crippen LogP contribution in [0.5, 0.6) is 0 Å². The molecule has 0 bridgehead atoms. The topological polar surface area (TPSA) is 58.4 Å². The second-order valence-corrected chi connectivity index (χ2v) is 4.77. The molecule has 16 heavy (non-hydrogen) atoms. The van der Waals surface area contributed by atoms with Gasteiger partial charge in [0.2, 0.25) is 5.91 Å². The summed E-state index contributed by atoms with van der Waals surface area (Å²) in [6.45, 7) is 10.3. The Kier molecular flexibility index (Phi) is 7.34. The van der Waals surface area contributed by atoms with Crippen molar-refractivity contribution in [1.82, 2.24) is 10.2 Å². The molecule has 4 heteroatoms. The molecule has 0 aromatic rings. The molecule has 0 fully saturated rings. The lowest BCUT2D eigenvalue weighted by Gasteiger charge is -2.29. The summed E-state index contributed by atoms with van der Waals surface area (Å²) in [4.78, 5) is 13.4. The molecule has 0 heterocycles. The molecule has 1 amide bonds. The molecular weight excluding hydrogens is 202 g/mol. The number of nitrogens with two attached hydrogens (primary N) is 1. The molecule has 2 atom stereocenters. The number of hydrogen-bond acceptors (Lipinski definition) is 3. The second-order valence-electron chi connectivity index (χ2n) is 4.77. The van der Waals surface area contributed by atoms with Gasteiger partial charge in [0.15, 0.2) is 0 Å². The van der Waals surface area contributed by atoms with E-state index in [2.05, 4.69) is 38.0 Å². The highest BCUT2D eigenvalue weighted by molar-refractivity contribution is 5.79. The maximum atomic E-state index is 11.1. The van der Waals surface area contributed by atoms with Gasteiger partial charge >= 0.3 is 0 Å². The zero-order valence-electron chi connectivity index (χ0n) is 11.3. The van der Waals surface area contributed by atoms with Crippen LogP contribution in [0.1, 0.15) is 34.1 Å². The minimum atomic E-state index is -0.257. The molecule has 0 aliphatic rings. The van der Waals surface area contributed by atoms with Gasteiger partial charge in [-0.05, 0) is 32.9 Å². The van der Waals surface area contributed by atoms with Crippen LogP contribution >= 0.6 is 0 Å². The van der Waals surface area contributed by atoms with Gasteiger partial charge < -0.3 is 16.0 Å². The molecular formula is C12H27N3O. The maximum absolute atomic E-state index is 11.1. The summed E-state index contributed by atoms with van der Waals surface area (Å²) in [5.74, 6) is 0.364. The molecule has 0 saturated heterocycles. The first-order valence-corrected chi connectivity index (χ1v) is 6.13. The van der Waals surface area contributed by atoms with Crippen molar-refractivity contribution in [3.8, 4) is 0 Å². The molecule has 2 unspecified atom stereocenters. The average Bonchev–Trinajstić information content (AvgIpc) is 2.21. The number of hydrogen-bond donors (Lipinski definition) is 2. The smallest absolute Gasteiger partial charge is 0.234 e. The van der Waals surface area contributed by atoms with Gasteiger partial charge in [0.1, 0.15) is 0 Å². The Balaban J connectivity index is 4.05. The zero-order valence-corrected chi connectivity index (χ0v) is 11.3. The highest BCUT2D eigenvalue weighted by Crippen LogP contribution is 2.08. The Morgan fingerprint density at radius 1 is 1.38 bits per heavy atom. The van der Waals surface area contributed by atoms with Crippen molar-refractivity contribution in [3.05, 3.63) is 0 Å². The van der Waals surface area contributed by atoms with E-state index in [0.29, 0.717) is 12.0 Å². The Morgan fingerprint density at radius 3 is 2.31 bits per heavy atom. The molecule has 0 aromatic heterocycles. The third-order valence-corrected chi connectivity index (χ3v) is 3.22. The summed E-state index contributed by atoms with van der Waals surface area (Å²) in [6.07, 6.45) is 0.775. The largest absolute Gasteiger partial charge is 0.368 e. The normalized spacial score (nSPS) is 15.4. The van der Waals surface area contributed by atoms with Gasteiger partial charge in [-0.25, -0.2) is 0 Å². The van der Waals surface area contributed by atoms with Crippen LogP contribution in [0.4, 0.5) is 0 Å². The quantitative estimate of drug-likeness (QED) is 0.648. The van der Waals surface area contributed by atoms with Gasteiger partial charge in [0, 0.05) is 12.6 Å². The summed E-state index contributed by atoms with van der Waals surface area (Å²) in [5, 5.41) is 3.10. The van der Waals surface area contributed by atoms with E-state index >= 15 is 0 Å². The number of carbonyl (C=O) groups excluding carboxylic acids is 1. The van der Waals surface area contributed by atoms with E-state index in [9.17, 15) is 4.79 Å². The third-order valence-electron chi connectivity index (χ3n) is 3.22. The lowest BCUT2D eigenvalue weighted by molar-refractivity contribution is -0.120. The van der Waals surface area contributed by atoms with E-state index in [1.165, 1.54) is 0 Å². The van der Waals surface area contributed by atoms with Gasteiger partial charge in [-0.3, -0.25) is 4.79 Å². The maximum Gasteiger partial charge on any atom is 0.234 e. The standard InChI is InChI=1S/C12H27N3O/c1-6-14-11(12(13)16)7-8-15(5)10(4)9(2)3/h9-11,14H,6-8H2,1-5H3,(H2,13,16). The van der Waals surface area contributed by atoms with Crippen molar-refractivity contribution in [3.63, 3.8) is 0 Å². The van der Waals surface area contributed by atoms with Gasteiger partial charge in [-0.15, -0.1) is 0 Å². The average molecular weight is 229 g/mol. The Morgan fingerprint density at radius 2 is 1.94 bits per heavy atom. The van der Waals surface area contributed by atoms with E-state index in [1.807, 2.05) is 6.92 Å². The van der Waals surface area contributed by atoms with Crippen LogP contribution < -0.4 is 11.1 Å². The first-order chi connectivity index (χ1) is 7.40. The van der Waals surface area contributed by atoms with Crippen molar-refractivity contribution in [1.29, 1.82) is 0 Å². The second kappa shape index (κ2) is 7.63. The summed E-state index contributed by atoms with van der Waals surface area (Å²) in [7, 11) is 2.09. The minimum Gasteiger partial charge on any atom is -0.368 e. The van der Waals surface area contributed by atoms with Crippen molar-refractivity contribution in [2.75, 3.05) is 20.1 Å². The van der Waals surface area contributed by atoms with Crippen LogP contribution in [0.2, 0.25) is 0 Å². The van der Waals surface area contributed by atoms with E-state index < -0.39 is 0 Å². The SMILES string of the molecule is CCNC(CCN(C)C(C)C(C)C)C(N)=O. The van der Waals surface area contributed by atoms with E-state index in [4.69, 9.17) is 5.73 Å². The van der Waals surface area contributed by atoms with Gasteiger partial charge in [-0.1, -0.05) is 20.8 Å². The van der Waals surface area contributed by atoms with E-state index in [1.54, 1.807) is 0 Å². The summed E-state index contributed by atoms with van der Waals surface area (Å²) in [6, 6.07) is 0.321. The molecule has 96 valence electrons. The Hall–Kier alpha value is -0.610. The van der Waals surface area contributed by atoms with Gasteiger partial charge in [0.05, 0.1) is 6.04 Å². The highest BCUT2D eigenvalue weighted by Gasteiger charge is 2.17. The molecule has 0 aliphatic carbocycles. The first kappa shape index (κ1) is 15.4. The number of nitrogens with zero attached hydrogens (tertiary/aromatic N) is 1. The predicted molar refractivity (Wildman–Crippen MR) is 68.2 cm³/mol. The minimum absolute atomic E-state index is 0.202. The van der Waals surface area contributed by atoms with Gasteiger partial charge in [-0.2, -0.15) is 0 Å². The predicted octanol–water partition coefficient (Wildman–Crippen LogP) is 0.816. The Bertz CT molecular complexity index is 206. The molecule has 0 rings (SSSR count). The summed E-state index contributed by atoms with van der Waals surface area (Å²) < 4.78 is 0. The Labute approximate surface area is 99.6 Å². The third kappa shape index (κ3) is 5.47. The molecule has 3 N–H and O–H groups in total. The number of rotatable bonds is 8. The fourth-order valence-corrected chi connectivity index (χ4v) is 1.64. The number of primary amides is 1. The summed E-state index contributed by atoms with van der Waals surface area (Å²) >= 11 is 0. The van der Waals surface area contributed by atoms with Crippen molar-refractivity contribution in [2.24, 2.45) is 11.7 Å². The van der Waals surface area contributed by atoms with Crippen LogP contribution in [-0.2, 0) is 4.79 Å². The lowest BCUT2D eigenvalue weighted by Crippen LogP contribution is -2.44.